The summed E-state index contributed by atoms with van der Waals surface area (Å²) in [4.78, 5) is 8.49. The molecular weight excluding hydrogens is 221 g/mol. The summed E-state index contributed by atoms with van der Waals surface area (Å²) < 4.78 is 37.0. The maximum atomic E-state index is 12.3. The van der Waals surface area contributed by atoms with E-state index in [1.807, 2.05) is 6.07 Å². The predicted octanol–water partition coefficient (Wildman–Crippen LogP) is 1.85. The fourth-order valence-electron chi connectivity index (χ4n) is 1.01. The van der Waals surface area contributed by atoms with Crippen LogP contribution in [-0.2, 0) is 6.18 Å². The third-order valence-corrected chi connectivity index (χ3v) is 1.83. The molecular formula is C9H9F3N4. The second-order valence-electron chi connectivity index (χ2n) is 3.07. The highest BCUT2D eigenvalue weighted by molar-refractivity contribution is 5.29. The highest BCUT2D eigenvalue weighted by Gasteiger charge is 2.33. The zero-order valence-electron chi connectivity index (χ0n) is 8.49. The first kappa shape index (κ1) is 12.2. The first-order chi connectivity index (χ1) is 7.45. The lowest BCUT2D eigenvalue weighted by atomic mass is 10.4. The van der Waals surface area contributed by atoms with Crippen LogP contribution in [0.15, 0.2) is 12.3 Å². The van der Waals surface area contributed by atoms with E-state index < -0.39 is 11.9 Å². The zero-order valence-corrected chi connectivity index (χ0v) is 8.49. The van der Waals surface area contributed by atoms with Crippen molar-refractivity contribution in [3.05, 3.63) is 18.0 Å². The lowest BCUT2D eigenvalue weighted by molar-refractivity contribution is -0.141. The molecule has 1 aromatic rings. The molecule has 0 atom stereocenters. The summed E-state index contributed by atoms with van der Waals surface area (Å²) >= 11 is 0. The molecule has 1 rings (SSSR count). The van der Waals surface area contributed by atoms with Crippen LogP contribution in [0.1, 0.15) is 12.1 Å². The molecule has 1 aromatic heterocycles. The quantitative estimate of drug-likeness (QED) is 0.795. The summed E-state index contributed by atoms with van der Waals surface area (Å²) in [6.07, 6.45) is -3.22. The van der Waals surface area contributed by atoms with Gasteiger partial charge in [-0.2, -0.15) is 18.4 Å². The van der Waals surface area contributed by atoms with E-state index in [0.29, 0.717) is 0 Å². The fourth-order valence-corrected chi connectivity index (χ4v) is 1.01. The molecule has 0 saturated heterocycles. The molecule has 16 heavy (non-hydrogen) atoms. The van der Waals surface area contributed by atoms with Crippen molar-refractivity contribution >= 4 is 5.95 Å². The number of hydrogen-bond donors (Lipinski definition) is 0. The molecule has 0 aliphatic carbocycles. The van der Waals surface area contributed by atoms with Crippen molar-refractivity contribution in [3.63, 3.8) is 0 Å². The Morgan fingerprint density at radius 3 is 2.75 bits per heavy atom. The minimum absolute atomic E-state index is 0.0370. The van der Waals surface area contributed by atoms with Crippen LogP contribution in [0.25, 0.3) is 0 Å². The minimum atomic E-state index is -4.48. The molecule has 0 saturated carbocycles. The summed E-state index contributed by atoms with van der Waals surface area (Å²) in [5, 5.41) is 8.35. The van der Waals surface area contributed by atoms with E-state index in [9.17, 15) is 13.2 Å². The minimum Gasteiger partial charge on any atom is -0.343 e. The van der Waals surface area contributed by atoms with Crippen LogP contribution in [0.4, 0.5) is 19.1 Å². The topological polar surface area (TPSA) is 52.8 Å². The number of alkyl halides is 3. The van der Waals surface area contributed by atoms with Crippen molar-refractivity contribution < 1.29 is 13.2 Å². The van der Waals surface area contributed by atoms with Crippen molar-refractivity contribution in [1.29, 1.82) is 5.26 Å². The number of nitrogens with zero attached hydrogens (tertiary/aromatic N) is 4. The van der Waals surface area contributed by atoms with Gasteiger partial charge in [0.25, 0.3) is 0 Å². The van der Waals surface area contributed by atoms with Gasteiger partial charge in [0, 0.05) is 19.8 Å². The van der Waals surface area contributed by atoms with Crippen LogP contribution in [0.2, 0.25) is 0 Å². The Hall–Kier alpha value is -1.84. The van der Waals surface area contributed by atoms with E-state index in [4.69, 9.17) is 5.26 Å². The molecule has 1 heterocycles. The van der Waals surface area contributed by atoms with Crippen molar-refractivity contribution in [3.8, 4) is 6.07 Å². The Morgan fingerprint density at radius 1 is 1.50 bits per heavy atom. The van der Waals surface area contributed by atoms with E-state index in [-0.39, 0.29) is 18.9 Å². The van der Waals surface area contributed by atoms with Gasteiger partial charge in [0.1, 0.15) is 5.69 Å². The van der Waals surface area contributed by atoms with Gasteiger partial charge in [-0.25, -0.2) is 9.97 Å². The normalized spacial score (nSPS) is 10.9. The second-order valence-corrected chi connectivity index (χ2v) is 3.07. The summed E-state index contributed by atoms with van der Waals surface area (Å²) in [6, 6.07) is 2.70. The van der Waals surface area contributed by atoms with Crippen molar-refractivity contribution in [1.82, 2.24) is 9.97 Å². The molecule has 0 fully saturated rings. The van der Waals surface area contributed by atoms with Gasteiger partial charge < -0.3 is 4.90 Å². The summed E-state index contributed by atoms with van der Waals surface area (Å²) in [7, 11) is 1.53. The molecule has 0 aromatic carbocycles. The highest BCUT2D eigenvalue weighted by Crippen LogP contribution is 2.27. The van der Waals surface area contributed by atoms with Crippen LogP contribution in [0.5, 0.6) is 0 Å². The van der Waals surface area contributed by atoms with E-state index in [2.05, 4.69) is 9.97 Å². The number of rotatable bonds is 3. The molecule has 0 bridgehead atoms. The maximum absolute atomic E-state index is 12.3. The Bertz CT molecular complexity index is 396. The van der Waals surface area contributed by atoms with Gasteiger partial charge in [0.05, 0.1) is 12.5 Å². The summed E-state index contributed by atoms with van der Waals surface area (Å²) in [5.41, 5.74) is -0.985. The van der Waals surface area contributed by atoms with Crippen molar-refractivity contribution in [2.24, 2.45) is 0 Å². The largest absolute Gasteiger partial charge is 0.433 e. The van der Waals surface area contributed by atoms with Crippen LogP contribution in [0.3, 0.4) is 0 Å². The van der Waals surface area contributed by atoms with Crippen LogP contribution >= 0.6 is 0 Å². The number of nitriles is 1. The second kappa shape index (κ2) is 4.79. The lowest BCUT2D eigenvalue weighted by Gasteiger charge is -2.16. The SMILES string of the molecule is CN(CCC#N)c1nccc(C(F)(F)F)n1. The van der Waals surface area contributed by atoms with E-state index in [0.717, 1.165) is 12.3 Å². The standard InChI is InChI=1S/C9H9F3N4/c1-16(6-2-4-13)8-14-5-3-7(15-8)9(10,11)12/h3,5H,2,6H2,1H3. The van der Waals surface area contributed by atoms with Gasteiger partial charge in [0.15, 0.2) is 0 Å². The lowest BCUT2D eigenvalue weighted by Crippen LogP contribution is -2.22. The number of anilines is 1. The van der Waals surface area contributed by atoms with E-state index >= 15 is 0 Å². The van der Waals surface area contributed by atoms with Gasteiger partial charge in [-0.3, -0.25) is 0 Å². The molecule has 0 N–H and O–H groups in total. The molecule has 0 radical (unpaired) electrons. The average molecular weight is 230 g/mol. The van der Waals surface area contributed by atoms with Gasteiger partial charge in [-0.05, 0) is 6.07 Å². The Balaban J connectivity index is 2.87. The number of hydrogen-bond acceptors (Lipinski definition) is 4. The monoisotopic (exact) mass is 230 g/mol. The molecule has 0 spiro atoms. The first-order valence-corrected chi connectivity index (χ1v) is 4.43. The van der Waals surface area contributed by atoms with Crippen LogP contribution < -0.4 is 4.90 Å². The van der Waals surface area contributed by atoms with Crippen molar-refractivity contribution in [2.45, 2.75) is 12.6 Å². The van der Waals surface area contributed by atoms with Crippen LogP contribution in [-0.4, -0.2) is 23.6 Å². The molecule has 0 aliphatic heterocycles. The number of aromatic nitrogens is 2. The van der Waals surface area contributed by atoms with E-state index in [1.165, 1.54) is 11.9 Å². The molecule has 0 aliphatic rings. The van der Waals surface area contributed by atoms with Gasteiger partial charge in [-0.15, -0.1) is 0 Å². The third-order valence-electron chi connectivity index (χ3n) is 1.83. The fraction of sp³-hybridized carbons (Fsp3) is 0.444. The first-order valence-electron chi connectivity index (χ1n) is 4.43. The van der Waals surface area contributed by atoms with Gasteiger partial charge in [0.2, 0.25) is 5.95 Å². The van der Waals surface area contributed by atoms with Crippen LogP contribution in [0, 0.1) is 11.3 Å². The summed E-state index contributed by atoms with van der Waals surface area (Å²) in [5.74, 6) is -0.0370. The molecule has 7 heteroatoms. The Kier molecular flexibility index (Phi) is 3.66. The Labute approximate surface area is 90.3 Å². The zero-order chi connectivity index (χ0) is 12.2. The Morgan fingerprint density at radius 2 is 2.19 bits per heavy atom. The smallest absolute Gasteiger partial charge is 0.343 e. The molecule has 0 unspecified atom stereocenters. The van der Waals surface area contributed by atoms with Gasteiger partial charge in [-0.1, -0.05) is 0 Å². The number of halogens is 3. The van der Waals surface area contributed by atoms with E-state index in [1.54, 1.807) is 0 Å². The highest BCUT2D eigenvalue weighted by atomic mass is 19.4. The molecule has 4 nitrogen and oxygen atoms in total. The molecule has 86 valence electrons. The predicted molar refractivity (Wildman–Crippen MR) is 50.5 cm³/mol. The van der Waals surface area contributed by atoms with Crippen molar-refractivity contribution in [2.75, 3.05) is 18.5 Å². The van der Waals surface area contributed by atoms with Gasteiger partial charge >= 0.3 is 6.18 Å². The maximum Gasteiger partial charge on any atom is 0.433 e. The molecule has 0 amide bonds. The summed E-state index contributed by atoms with van der Waals surface area (Å²) in [6.45, 7) is 0.289. The average Bonchev–Trinajstić information content (AvgIpc) is 2.25. The third kappa shape index (κ3) is 3.08.